The first-order valence-corrected chi connectivity index (χ1v) is 8.53. The van der Waals surface area contributed by atoms with Gasteiger partial charge in [0, 0.05) is 37.2 Å². The van der Waals surface area contributed by atoms with Gasteiger partial charge in [0.1, 0.15) is 6.61 Å². The van der Waals surface area contributed by atoms with Crippen LogP contribution in [0.3, 0.4) is 0 Å². The van der Waals surface area contributed by atoms with E-state index in [1.807, 2.05) is 61.5 Å². The molecule has 3 rings (SSSR count). The van der Waals surface area contributed by atoms with Gasteiger partial charge in [0.15, 0.2) is 5.75 Å². The first-order valence-electron chi connectivity index (χ1n) is 8.53. The number of nitrogens with two attached hydrogens (primary N) is 1. The number of nitrogens with zero attached hydrogens (tertiary/aromatic N) is 2. The molecule has 0 atom stereocenters. The average molecular weight is 362 g/mol. The second-order valence-electron chi connectivity index (χ2n) is 6.30. The Bertz CT molecular complexity index is 923. The highest BCUT2D eigenvalue weighted by Gasteiger charge is 2.08. The lowest BCUT2D eigenvalue weighted by atomic mass is 10.1. The molecule has 3 N–H and O–H groups in total. The standard InChI is InChI=1S/C21H22N4O2/c1-25(2)18-5-3-4-16(12-18)21(26)24-17-8-6-15(7-9-17)14-27-20-13-23-11-10-19(20)22/h3-13H,14H2,1-2H3,(H2,22,23)(H,24,26). The van der Waals surface area contributed by atoms with Crippen LogP contribution in [0.25, 0.3) is 0 Å². The molecule has 1 amide bonds. The SMILES string of the molecule is CN(C)c1cccc(C(=O)Nc2ccc(COc3cnccc3N)cc2)c1. The molecule has 0 aliphatic carbocycles. The first-order chi connectivity index (χ1) is 13.0. The minimum atomic E-state index is -0.147. The highest BCUT2D eigenvalue weighted by atomic mass is 16.5. The molecule has 3 aromatic rings. The zero-order valence-corrected chi connectivity index (χ0v) is 15.3. The molecular weight excluding hydrogens is 340 g/mol. The third kappa shape index (κ3) is 4.76. The van der Waals surface area contributed by atoms with E-state index in [4.69, 9.17) is 10.5 Å². The Morgan fingerprint density at radius 3 is 2.63 bits per heavy atom. The van der Waals surface area contributed by atoms with Gasteiger partial charge in [-0.2, -0.15) is 0 Å². The van der Waals surface area contributed by atoms with Crippen molar-refractivity contribution in [2.45, 2.75) is 6.61 Å². The van der Waals surface area contributed by atoms with Crippen LogP contribution >= 0.6 is 0 Å². The van der Waals surface area contributed by atoms with Gasteiger partial charge in [-0.1, -0.05) is 18.2 Å². The van der Waals surface area contributed by atoms with E-state index < -0.39 is 0 Å². The fourth-order valence-electron chi connectivity index (χ4n) is 2.49. The Kier molecular flexibility index (Phi) is 5.56. The van der Waals surface area contributed by atoms with Crippen LogP contribution in [0.1, 0.15) is 15.9 Å². The molecule has 0 saturated carbocycles. The van der Waals surface area contributed by atoms with Crippen LogP contribution in [0.4, 0.5) is 17.1 Å². The van der Waals surface area contributed by atoms with Crippen LogP contribution in [0.15, 0.2) is 67.0 Å². The molecular formula is C21H22N4O2. The fraction of sp³-hybridized carbons (Fsp3) is 0.143. The van der Waals surface area contributed by atoms with Crippen molar-refractivity contribution in [1.29, 1.82) is 0 Å². The summed E-state index contributed by atoms with van der Waals surface area (Å²) in [5, 5.41) is 2.91. The number of carbonyl (C=O) groups excluding carboxylic acids is 1. The number of ether oxygens (including phenoxy) is 1. The largest absolute Gasteiger partial charge is 0.485 e. The summed E-state index contributed by atoms with van der Waals surface area (Å²) in [6, 6.07) is 16.7. The molecule has 0 radical (unpaired) electrons. The number of amides is 1. The number of nitrogens with one attached hydrogen (secondary N) is 1. The average Bonchev–Trinajstić information content (AvgIpc) is 2.68. The molecule has 6 nitrogen and oxygen atoms in total. The molecule has 0 spiro atoms. The predicted octanol–water partition coefficient (Wildman–Crippen LogP) is 3.56. The van der Waals surface area contributed by atoms with E-state index in [9.17, 15) is 4.79 Å². The molecule has 27 heavy (non-hydrogen) atoms. The van der Waals surface area contributed by atoms with Crippen LogP contribution in [0.2, 0.25) is 0 Å². The highest BCUT2D eigenvalue weighted by Crippen LogP contribution is 2.20. The van der Waals surface area contributed by atoms with Crippen LogP contribution in [-0.2, 0) is 6.61 Å². The molecule has 1 heterocycles. The lowest BCUT2D eigenvalue weighted by molar-refractivity contribution is 0.102. The number of benzene rings is 2. The number of rotatable bonds is 6. The lowest BCUT2D eigenvalue weighted by Gasteiger charge is -2.13. The predicted molar refractivity (Wildman–Crippen MR) is 108 cm³/mol. The molecule has 0 unspecified atom stereocenters. The third-order valence-electron chi connectivity index (χ3n) is 4.05. The summed E-state index contributed by atoms with van der Waals surface area (Å²) < 4.78 is 5.67. The number of hydrogen-bond acceptors (Lipinski definition) is 5. The number of carbonyl (C=O) groups is 1. The maximum absolute atomic E-state index is 12.4. The number of pyridine rings is 1. The second kappa shape index (κ2) is 8.23. The van der Waals surface area contributed by atoms with Crippen LogP contribution in [0.5, 0.6) is 5.75 Å². The van der Waals surface area contributed by atoms with Gasteiger partial charge in [0.25, 0.3) is 5.91 Å². The Morgan fingerprint density at radius 2 is 1.93 bits per heavy atom. The Labute approximate surface area is 158 Å². The van der Waals surface area contributed by atoms with Gasteiger partial charge in [-0.3, -0.25) is 9.78 Å². The lowest BCUT2D eigenvalue weighted by Crippen LogP contribution is -2.14. The van der Waals surface area contributed by atoms with Crippen molar-refractivity contribution in [3.05, 3.63) is 78.1 Å². The third-order valence-corrected chi connectivity index (χ3v) is 4.05. The number of aromatic nitrogens is 1. The normalized spacial score (nSPS) is 10.3. The molecule has 1 aromatic heterocycles. The van der Waals surface area contributed by atoms with Crippen molar-refractivity contribution in [2.24, 2.45) is 0 Å². The van der Waals surface area contributed by atoms with E-state index in [0.717, 1.165) is 16.9 Å². The number of hydrogen-bond donors (Lipinski definition) is 2. The number of anilines is 3. The Morgan fingerprint density at radius 1 is 1.15 bits per heavy atom. The smallest absolute Gasteiger partial charge is 0.255 e. The first kappa shape index (κ1) is 18.3. The summed E-state index contributed by atoms with van der Waals surface area (Å²) in [5.74, 6) is 0.404. The van der Waals surface area contributed by atoms with E-state index in [2.05, 4.69) is 10.3 Å². The van der Waals surface area contributed by atoms with Gasteiger partial charge in [-0.05, 0) is 42.0 Å². The number of nitrogen functional groups attached to an aromatic ring is 1. The van der Waals surface area contributed by atoms with E-state index >= 15 is 0 Å². The van der Waals surface area contributed by atoms with Gasteiger partial charge in [-0.25, -0.2) is 0 Å². The van der Waals surface area contributed by atoms with Gasteiger partial charge in [0.2, 0.25) is 0 Å². The molecule has 2 aromatic carbocycles. The fourth-order valence-corrected chi connectivity index (χ4v) is 2.49. The second-order valence-corrected chi connectivity index (χ2v) is 6.30. The molecule has 6 heteroatoms. The summed E-state index contributed by atoms with van der Waals surface area (Å²) in [4.78, 5) is 18.4. The van der Waals surface area contributed by atoms with Gasteiger partial charge in [0.05, 0.1) is 11.9 Å². The minimum absolute atomic E-state index is 0.147. The molecule has 0 fully saturated rings. The summed E-state index contributed by atoms with van der Waals surface area (Å²) in [7, 11) is 3.88. The summed E-state index contributed by atoms with van der Waals surface area (Å²) in [6.45, 7) is 0.370. The van der Waals surface area contributed by atoms with Gasteiger partial charge >= 0.3 is 0 Å². The van der Waals surface area contributed by atoms with E-state index in [0.29, 0.717) is 23.6 Å². The monoisotopic (exact) mass is 362 g/mol. The Balaban J connectivity index is 1.61. The maximum atomic E-state index is 12.4. The molecule has 138 valence electrons. The van der Waals surface area contributed by atoms with E-state index in [1.54, 1.807) is 24.5 Å². The van der Waals surface area contributed by atoms with Crippen molar-refractivity contribution < 1.29 is 9.53 Å². The topological polar surface area (TPSA) is 80.5 Å². The van der Waals surface area contributed by atoms with Crippen molar-refractivity contribution in [3.63, 3.8) is 0 Å². The van der Waals surface area contributed by atoms with Crippen LogP contribution in [-0.4, -0.2) is 25.0 Å². The summed E-state index contributed by atoms with van der Waals surface area (Å²) in [5.41, 5.74) is 9.66. The molecule has 0 saturated heterocycles. The van der Waals surface area contributed by atoms with Crippen molar-refractivity contribution in [3.8, 4) is 5.75 Å². The van der Waals surface area contributed by atoms with E-state index in [1.165, 1.54) is 0 Å². The summed E-state index contributed by atoms with van der Waals surface area (Å²) in [6.07, 6.45) is 3.21. The maximum Gasteiger partial charge on any atom is 0.255 e. The minimum Gasteiger partial charge on any atom is -0.485 e. The highest BCUT2D eigenvalue weighted by molar-refractivity contribution is 6.04. The Hall–Kier alpha value is -3.54. The van der Waals surface area contributed by atoms with Crippen molar-refractivity contribution in [2.75, 3.05) is 30.0 Å². The van der Waals surface area contributed by atoms with Crippen LogP contribution < -0.4 is 20.7 Å². The molecule has 0 aliphatic heterocycles. The quantitative estimate of drug-likeness (QED) is 0.701. The zero-order valence-electron chi connectivity index (χ0n) is 15.3. The van der Waals surface area contributed by atoms with Gasteiger partial charge < -0.3 is 20.7 Å². The van der Waals surface area contributed by atoms with Crippen LogP contribution in [0, 0.1) is 0 Å². The van der Waals surface area contributed by atoms with Gasteiger partial charge in [-0.15, -0.1) is 0 Å². The molecule has 0 aliphatic rings. The summed E-state index contributed by atoms with van der Waals surface area (Å²) >= 11 is 0. The van der Waals surface area contributed by atoms with E-state index in [-0.39, 0.29) is 5.91 Å². The molecule has 0 bridgehead atoms. The zero-order chi connectivity index (χ0) is 19.2. The van der Waals surface area contributed by atoms with Crippen molar-refractivity contribution >= 4 is 23.0 Å². The van der Waals surface area contributed by atoms with Crippen molar-refractivity contribution in [1.82, 2.24) is 4.98 Å².